The molecule has 1 fully saturated rings. The van der Waals surface area contributed by atoms with Crippen molar-refractivity contribution in [3.8, 4) is 0 Å². The van der Waals surface area contributed by atoms with Crippen molar-refractivity contribution >= 4 is 7.67 Å². The van der Waals surface area contributed by atoms with E-state index in [2.05, 4.69) is 25.9 Å². The van der Waals surface area contributed by atoms with Gasteiger partial charge in [-0.1, -0.05) is 30.3 Å². The summed E-state index contributed by atoms with van der Waals surface area (Å²) in [6, 6.07) is 10.0. The molecular formula is C15H25N2O2P. The maximum atomic E-state index is 13.2. The molecule has 1 aromatic rings. The molecule has 2 atom stereocenters. The number of rotatable bonds is 3. The summed E-state index contributed by atoms with van der Waals surface area (Å²) >= 11 is 0. The zero-order valence-electron chi connectivity index (χ0n) is 12.8. The largest absolute Gasteiger partial charge is 0.344 e. The van der Waals surface area contributed by atoms with Crippen molar-refractivity contribution in [3.63, 3.8) is 0 Å². The second-order valence-corrected chi connectivity index (χ2v) is 8.30. The Balaban J connectivity index is 2.18. The molecule has 5 heteroatoms. The molecule has 1 aromatic carbocycles. The Morgan fingerprint density at radius 3 is 2.55 bits per heavy atom. The van der Waals surface area contributed by atoms with Gasteiger partial charge in [-0.3, -0.25) is 4.57 Å². The van der Waals surface area contributed by atoms with Crippen LogP contribution < -0.4 is 5.09 Å². The summed E-state index contributed by atoms with van der Waals surface area (Å²) in [5.41, 5.74) is 0.935. The standard InChI is InChI=1S/C15H25N2O2P/c1-13(14-9-6-5-7-10-14)16-20(18)17(15(2,3)4)11-8-12-19-20/h5-7,9-10,13H,8,11-12H2,1-4H3,(H,16,18). The van der Waals surface area contributed by atoms with Crippen molar-refractivity contribution in [2.75, 3.05) is 13.2 Å². The Labute approximate surface area is 122 Å². The average Bonchev–Trinajstić information content (AvgIpc) is 2.38. The third-order valence-corrected chi connectivity index (χ3v) is 6.21. The molecular weight excluding hydrogens is 271 g/mol. The Morgan fingerprint density at radius 2 is 1.95 bits per heavy atom. The Morgan fingerprint density at radius 1 is 1.30 bits per heavy atom. The van der Waals surface area contributed by atoms with E-state index in [1.165, 1.54) is 0 Å². The van der Waals surface area contributed by atoms with E-state index >= 15 is 0 Å². The smallest absolute Gasteiger partial charge is 0.306 e. The molecule has 20 heavy (non-hydrogen) atoms. The van der Waals surface area contributed by atoms with Crippen LogP contribution in [-0.2, 0) is 9.09 Å². The molecule has 4 nitrogen and oxygen atoms in total. The van der Waals surface area contributed by atoms with Crippen molar-refractivity contribution in [3.05, 3.63) is 35.9 Å². The normalized spacial score (nSPS) is 26.4. The van der Waals surface area contributed by atoms with Crippen LogP contribution in [0.1, 0.15) is 45.7 Å². The monoisotopic (exact) mass is 296 g/mol. The lowest BCUT2D eigenvalue weighted by atomic mass is 10.1. The van der Waals surface area contributed by atoms with E-state index in [-0.39, 0.29) is 11.6 Å². The van der Waals surface area contributed by atoms with Gasteiger partial charge in [0.25, 0.3) is 0 Å². The number of hydrogen-bond donors (Lipinski definition) is 1. The lowest BCUT2D eigenvalue weighted by Crippen LogP contribution is -2.46. The highest BCUT2D eigenvalue weighted by atomic mass is 31.2. The summed E-state index contributed by atoms with van der Waals surface area (Å²) in [7, 11) is -2.98. The van der Waals surface area contributed by atoms with Crippen LogP contribution in [0.4, 0.5) is 0 Å². The number of nitrogens with one attached hydrogen (secondary N) is 1. The molecule has 1 aliphatic rings. The molecule has 112 valence electrons. The molecule has 0 bridgehead atoms. The van der Waals surface area contributed by atoms with E-state index in [4.69, 9.17) is 4.52 Å². The summed E-state index contributed by atoms with van der Waals surface area (Å²) in [5, 5.41) is 3.23. The fourth-order valence-electron chi connectivity index (χ4n) is 2.50. The molecule has 0 spiro atoms. The Hall–Kier alpha value is -0.670. The van der Waals surface area contributed by atoms with Crippen molar-refractivity contribution in [1.82, 2.24) is 9.76 Å². The first-order valence-corrected chi connectivity index (χ1v) is 8.76. The van der Waals surface area contributed by atoms with Crippen molar-refractivity contribution in [2.24, 2.45) is 0 Å². The molecule has 1 N–H and O–H groups in total. The lowest BCUT2D eigenvalue weighted by molar-refractivity contribution is 0.137. The number of hydrogen-bond acceptors (Lipinski definition) is 2. The third kappa shape index (κ3) is 3.50. The molecule has 1 saturated heterocycles. The SMILES string of the molecule is CC(NP1(=O)OCCCN1C(C)(C)C)c1ccccc1. The van der Waals surface area contributed by atoms with Crippen LogP contribution in [0, 0.1) is 0 Å². The number of nitrogens with zero attached hydrogens (tertiary/aromatic N) is 1. The Bertz CT molecular complexity index is 484. The highest BCUT2D eigenvalue weighted by Gasteiger charge is 2.42. The molecule has 0 amide bonds. The van der Waals surface area contributed by atoms with Gasteiger partial charge in [0.2, 0.25) is 0 Å². The topological polar surface area (TPSA) is 41.6 Å². The van der Waals surface area contributed by atoms with Crippen molar-refractivity contribution in [1.29, 1.82) is 0 Å². The van der Waals surface area contributed by atoms with E-state index in [1.807, 2.05) is 41.9 Å². The van der Waals surface area contributed by atoms with Crippen LogP contribution in [0.2, 0.25) is 0 Å². The quantitative estimate of drug-likeness (QED) is 0.857. The van der Waals surface area contributed by atoms with Crippen LogP contribution in [0.5, 0.6) is 0 Å². The van der Waals surface area contributed by atoms with Crippen LogP contribution in [-0.4, -0.2) is 23.4 Å². The molecule has 1 aliphatic heterocycles. The van der Waals surface area contributed by atoms with E-state index in [0.717, 1.165) is 18.5 Å². The summed E-state index contributed by atoms with van der Waals surface area (Å²) < 4.78 is 20.8. The minimum Gasteiger partial charge on any atom is -0.306 e. The highest BCUT2D eigenvalue weighted by Crippen LogP contribution is 2.54. The summed E-state index contributed by atoms with van der Waals surface area (Å²) in [4.78, 5) is 0. The van der Waals surface area contributed by atoms with Crippen LogP contribution in [0.15, 0.2) is 30.3 Å². The van der Waals surface area contributed by atoms with Crippen LogP contribution in [0.3, 0.4) is 0 Å². The summed E-state index contributed by atoms with van der Waals surface area (Å²) in [6.45, 7) is 9.59. The van der Waals surface area contributed by atoms with Crippen LogP contribution >= 0.6 is 7.67 Å². The predicted molar refractivity (Wildman–Crippen MR) is 82.6 cm³/mol. The fourth-order valence-corrected chi connectivity index (χ4v) is 5.07. The van der Waals surface area contributed by atoms with Gasteiger partial charge in [-0.15, -0.1) is 0 Å². The minimum atomic E-state index is -2.98. The maximum absolute atomic E-state index is 13.2. The minimum absolute atomic E-state index is 0.00927. The summed E-state index contributed by atoms with van der Waals surface area (Å²) in [5.74, 6) is 0. The number of benzene rings is 1. The van der Waals surface area contributed by atoms with Crippen molar-refractivity contribution in [2.45, 2.75) is 45.7 Å². The Kier molecular flexibility index (Phi) is 4.70. The first kappa shape index (κ1) is 15.7. The van der Waals surface area contributed by atoms with Gasteiger partial charge < -0.3 is 4.52 Å². The van der Waals surface area contributed by atoms with Crippen molar-refractivity contribution < 1.29 is 9.09 Å². The molecule has 0 aliphatic carbocycles. The van der Waals surface area contributed by atoms with Gasteiger partial charge in [0.1, 0.15) is 0 Å². The first-order chi connectivity index (χ1) is 9.33. The third-order valence-electron chi connectivity index (χ3n) is 3.53. The van der Waals surface area contributed by atoms with E-state index < -0.39 is 7.67 Å². The zero-order valence-corrected chi connectivity index (χ0v) is 13.7. The molecule has 2 rings (SSSR count). The van der Waals surface area contributed by atoms with Crippen LogP contribution in [0.25, 0.3) is 0 Å². The molecule has 1 heterocycles. The highest BCUT2D eigenvalue weighted by molar-refractivity contribution is 7.54. The van der Waals surface area contributed by atoms with Gasteiger partial charge in [-0.2, -0.15) is 0 Å². The molecule has 0 aromatic heterocycles. The van der Waals surface area contributed by atoms with Gasteiger partial charge in [0.15, 0.2) is 0 Å². The maximum Gasteiger partial charge on any atom is 0.344 e. The molecule has 0 radical (unpaired) electrons. The van der Waals surface area contributed by atoms with Gasteiger partial charge in [0.05, 0.1) is 6.61 Å². The lowest BCUT2D eigenvalue weighted by Gasteiger charge is -2.44. The summed E-state index contributed by atoms with van der Waals surface area (Å²) in [6.07, 6.45) is 0.919. The van der Waals surface area contributed by atoms with E-state index in [9.17, 15) is 4.57 Å². The van der Waals surface area contributed by atoms with E-state index in [1.54, 1.807) is 0 Å². The second kappa shape index (κ2) is 5.98. The van der Waals surface area contributed by atoms with Gasteiger partial charge in [0, 0.05) is 18.1 Å². The van der Waals surface area contributed by atoms with Gasteiger partial charge in [-0.25, -0.2) is 9.76 Å². The first-order valence-electron chi connectivity index (χ1n) is 7.18. The molecule has 2 unspecified atom stereocenters. The van der Waals surface area contributed by atoms with Gasteiger partial charge >= 0.3 is 7.67 Å². The molecule has 0 saturated carbocycles. The predicted octanol–water partition coefficient (Wildman–Crippen LogP) is 3.97. The van der Waals surface area contributed by atoms with Gasteiger partial charge in [-0.05, 0) is 39.7 Å². The average molecular weight is 296 g/mol. The van der Waals surface area contributed by atoms with E-state index in [0.29, 0.717) is 6.61 Å². The zero-order chi connectivity index (χ0) is 14.8. The second-order valence-electron chi connectivity index (χ2n) is 6.26. The fraction of sp³-hybridized carbons (Fsp3) is 0.600.